The maximum atomic E-state index is 10.3. The maximum Gasteiger partial charge on any atom is 0.425 e. The molecule has 5 nitrogen and oxygen atoms in total. The van der Waals surface area contributed by atoms with Gasteiger partial charge < -0.3 is 9.47 Å². The van der Waals surface area contributed by atoms with Crippen molar-refractivity contribution in [1.82, 2.24) is 0 Å². The molecule has 1 saturated heterocycles. The van der Waals surface area contributed by atoms with E-state index in [0.29, 0.717) is 0 Å². The third-order valence-corrected chi connectivity index (χ3v) is 0.796. The van der Waals surface area contributed by atoms with Gasteiger partial charge in [0.1, 0.15) is 0 Å². The molecule has 0 radical (unpaired) electrons. The number of cyclic esters (lactones) is 3. The zero-order valence-electron chi connectivity index (χ0n) is 4.75. The molecule has 0 N–H and O–H groups in total. The van der Waals surface area contributed by atoms with Crippen LogP contribution < -0.4 is 0 Å². The molecule has 1 fully saturated rings. The number of carbonyl (C=O) groups is 3. The van der Waals surface area contributed by atoms with Crippen molar-refractivity contribution in [1.29, 1.82) is 0 Å². The Hall–Kier alpha value is -1.65. The van der Waals surface area contributed by atoms with E-state index in [9.17, 15) is 14.4 Å². The Bertz CT molecular complexity index is 188. The molecule has 1 heterocycles. The number of hydrogen-bond acceptors (Lipinski definition) is 5. The fraction of sp³-hybridized carbons (Fsp3) is 0. The molecule has 0 spiro atoms. The molecule has 52 valence electrons. The normalized spacial score (nSPS) is 18.4. The Morgan fingerprint density at radius 1 is 0.900 bits per heavy atom. The fourth-order valence-corrected chi connectivity index (χ4v) is 0.378. The van der Waals surface area contributed by atoms with Crippen molar-refractivity contribution in [2.75, 3.05) is 0 Å². The summed E-state index contributed by atoms with van der Waals surface area (Å²) in [7, 11) is 0. The molecule has 0 amide bonds. The van der Waals surface area contributed by atoms with Crippen LogP contribution in [0.4, 0.5) is 0 Å². The van der Waals surface area contributed by atoms with E-state index >= 15 is 0 Å². The lowest BCUT2D eigenvalue weighted by molar-refractivity contribution is -0.178. The Labute approximate surface area is 55.2 Å². The highest BCUT2D eigenvalue weighted by atomic mass is 16.7. The van der Waals surface area contributed by atoms with Crippen LogP contribution in [0.2, 0.25) is 0 Å². The number of carbonyl (C=O) groups excluding carboxylic acids is 3. The van der Waals surface area contributed by atoms with E-state index in [4.69, 9.17) is 0 Å². The summed E-state index contributed by atoms with van der Waals surface area (Å²) >= 11 is 0. The minimum absolute atomic E-state index is 0.468. The van der Waals surface area contributed by atoms with E-state index in [2.05, 4.69) is 16.1 Å². The summed E-state index contributed by atoms with van der Waals surface area (Å²) in [6.45, 7) is 3.01. The zero-order chi connectivity index (χ0) is 7.72. The fourth-order valence-electron chi connectivity index (χ4n) is 0.378. The van der Waals surface area contributed by atoms with Gasteiger partial charge in [0.05, 0.1) is 0 Å². The first-order chi connectivity index (χ1) is 4.61. The molecule has 0 saturated carbocycles. The van der Waals surface area contributed by atoms with Crippen molar-refractivity contribution in [3.63, 3.8) is 0 Å². The van der Waals surface area contributed by atoms with Gasteiger partial charge in [-0.1, -0.05) is 0 Å². The number of rotatable bonds is 0. The van der Waals surface area contributed by atoms with E-state index in [0.717, 1.165) is 0 Å². The van der Waals surface area contributed by atoms with Gasteiger partial charge in [0.25, 0.3) is 0 Å². The standard InChI is InChI=1S/C5H2O5/c1-2-3(6)10-5(8)4(7)9-2/h1H2. The third-order valence-electron chi connectivity index (χ3n) is 0.796. The molecule has 0 aromatic rings. The highest BCUT2D eigenvalue weighted by molar-refractivity contribution is 6.34. The second kappa shape index (κ2) is 1.94. The van der Waals surface area contributed by atoms with Crippen molar-refractivity contribution in [3.8, 4) is 0 Å². The number of esters is 3. The second-order valence-electron chi connectivity index (χ2n) is 1.49. The van der Waals surface area contributed by atoms with E-state index in [-0.39, 0.29) is 0 Å². The molecule has 1 aliphatic heterocycles. The molecule has 5 heteroatoms. The first kappa shape index (κ1) is 6.47. The minimum atomic E-state index is -1.31. The second-order valence-corrected chi connectivity index (χ2v) is 1.49. The molecular formula is C5H2O5. The number of hydrogen-bond donors (Lipinski definition) is 0. The molecule has 0 aromatic carbocycles. The predicted octanol–water partition coefficient (Wildman–Crippen LogP) is -0.873. The summed E-state index contributed by atoms with van der Waals surface area (Å²) in [6.07, 6.45) is 0. The lowest BCUT2D eigenvalue weighted by atomic mass is 10.5. The van der Waals surface area contributed by atoms with Crippen molar-refractivity contribution in [2.45, 2.75) is 0 Å². The average molecular weight is 142 g/mol. The quantitative estimate of drug-likeness (QED) is 0.190. The third kappa shape index (κ3) is 0.883. The van der Waals surface area contributed by atoms with Gasteiger partial charge in [0, 0.05) is 0 Å². The molecule has 0 aliphatic carbocycles. The van der Waals surface area contributed by atoms with Crippen LogP contribution in [0.5, 0.6) is 0 Å². The van der Waals surface area contributed by atoms with Crippen LogP contribution in [0.1, 0.15) is 0 Å². The summed E-state index contributed by atoms with van der Waals surface area (Å²) in [6, 6.07) is 0. The van der Waals surface area contributed by atoms with Gasteiger partial charge in [-0.15, -0.1) is 0 Å². The molecule has 10 heavy (non-hydrogen) atoms. The molecule has 0 unspecified atom stereocenters. The van der Waals surface area contributed by atoms with E-state index in [1.54, 1.807) is 0 Å². The van der Waals surface area contributed by atoms with Gasteiger partial charge in [-0.25, -0.2) is 14.4 Å². The van der Waals surface area contributed by atoms with Gasteiger partial charge in [0.2, 0.25) is 5.76 Å². The van der Waals surface area contributed by atoms with Gasteiger partial charge >= 0.3 is 17.9 Å². The van der Waals surface area contributed by atoms with Crippen molar-refractivity contribution < 1.29 is 23.9 Å². The van der Waals surface area contributed by atoms with E-state index < -0.39 is 23.7 Å². The van der Waals surface area contributed by atoms with Crippen LogP contribution in [-0.2, 0) is 23.9 Å². The summed E-state index contributed by atoms with van der Waals surface area (Å²) < 4.78 is 7.91. The predicted molar refractivity (Wildman–Crippen MR) is 26.3 cm³/mol. The van der Waals surface area contributed by atoms with Crippen molar-refractivity contribution in [2.24, 2.45) is 0 Å². The monoisotopic (exact) mass is 142 g/mol. The first-order valence-electron chi connectivity index (χ1n) is 2.28. The van der Waals surface area contributed by atoms with Crippen molar-refractivity contribution in [3.05, 3.63) is 12.3 Å². The summed E-state index contributed by atoms with van der Waals surface area (Å²) in [5, 5.41) is 0. The number of ether oxygens (including phenoxy) is 2. The van der Waals surface area contributed by atoms with Crippen LogP contribution in [0.15, 0.2) is 12.3 Å². The van der Waals surface area contributed by atoms with E-state index in [1.807, 2.05) is 0 Å². The Kier molecular flexibility index (Phi) is 1.26. The lowest BCUT2D eigenvalue weighted by Gasteiger charge is -2.09. The lowest BCUT2D eigenvalue weighted by Crippen LogP contribution is -2.31. The summed E-state index contributed by atoms with van der Waals surface area (Å²) in [5.74, 6) is -4.02. The van der Waals surface area contributed by atoms with Crippen LogP contribution >= 0.6 is 0 Å². The molecular weight excluding hydrogens is 140 g/mol. The summed E-state index contributed by atoms with van der Waals surface area (Å²) in [4.78, 5) is 30.8. The van der Waals surface area contributed by atoms with Gasteiger partial charge in [-0.2, -0.15) is 0 Å². The molecule has 1 rings (SSSR count). The smallest absolute Gasteiger partial charge is 0.411 e. The van der Waals surface area contributed by atoms with Gasteiger partial charge in [-0.3, -0.25) is 0 Å². The Morgan fingerprint density at radius 2 is 1.40 bits per heavy atom. The Morgan fingerprint density at radius 3 is 1.90 bits per heavy atom. The van der Waals surface area contributed by atoms with E-state index in [1.165, 1.54) is 0 Å². The van der Waals surface area contributed by atoms with Crippen LogP contribution in [0.3, 0.4) is 0 Å². The van der Waals surface area contributed by atoms with Crippen LogP contribution in [0.25, 0.3) is 0 Å². The Balaban J connectivity index is 2.82. The summed E-state index contributed by atoms with van der Waals surface area (Å²) in [5.41, 5.74) is 0. The molecule has 0 bridgehead atoms. The largest absolute Gasteiger partial charge is 0.425 e. The SMILES string of the molecule is C=C1OC(=O)C(=O)OC1=O. The first-order valence-corrected chi connectivity index (χ1v) is 2.28. The van der Waals surface area contributed by atoms with Crippen molar-refractivity contribution >= 4 is 17.9 Å². The topological polar surface area (TPSA) is 69.7 Å². The van der Waals surface area contributed by atoms with Crippen LogP contribution in [-0.4, -0.2) is 17.9 Å². The molecule has 0 aromatic heterocycles. The molecule has 1 aliphatic rings. The van der Waals surface area contributed by atoms with Gasteiger partial charge in [-0.05, 0) is 6.58 Å². The maximum absolute atomic E-state index is 10.3. The molecule has 0 atom stereocenters. The highest BCUT2D eigenvalue weighted by Gasteiger charge is 2.31. The minimum Gasteiger partial charge on any atom is -0.411 e. The average Bonchev–Trinajstić information content (AvgIpc) is 1.84. The van der Waals surface area contributed by atoms with Gasteiger partial charge in [0.15, 0.2) is 0 Å². The van der Waals surface area contributed by atoms with Crippen LogP contribution in [0, 0.1) is 0 Å². The highest BCUT2D eigenvalue weighted by Crippen LogP contribution is 2.05. The zero-order valence-corrected chi connectivity index (χ0v) is 4.75.